The van der Waals surface area contributed by atoms with E-state index in [1.54, 1.807) is 29.5 Å². The fourth-order valence-electron chi connectivity index (χ4n) is 2.82. The molecule has 2 heterocycles. The molecule has 1 aromatic heterocycles. The summed E-state index contributed by atoms with van der Waals surface area (Å²) < 4.78 is 11.0. The molecule has 0 saturated heterocycles. The van der Waals surface area contributed by atoms with Crippen LogP contribution in [-0.4, -0.2) is 12.0 Å². The van der Waals surface area contributed by atoms with Gasteiger partial charge in [0.1, 0.15) is 11.9 Å². The van der Waals surface area contributed by atoms with Crippen molar-refractivity contribution in [3.63, 3.8) is 0 Å². The first kappa shape index (κ1) is 18.7. The van der Waals surface area contributed by atoms with E-state index in [-0.39, 0.29) is 12.1 Å². The predicted molar refractivity (Wildman–Crippen MR) is 115 cm³/mol. The van der Waals surface area contributed by atoms with Crippen molar-refractivity contribution in [1.29, 1.82) is 0 Å². The summed E-state index contributed by atoms with van der Waals surface area (Å²) in [6, 6.07) is 20.8. The zero-order valence-electron chi connectivity index (χ0n) is 15.4. The monoisotopic (exact) mass is 402 g/mol. The molecule has 0 aliphatic carbocycles. The highest BCUT2D eigenvalue weighted by molar-refractivity contribution is 7.11. The van der Waals surface area contributed by atoms with Crippen LogP contribution >= 0.6 is 11.3 Å². The summed E-state index contributed by atoms with van der Waals surface area (Å²) >= 11 is 1.59. The van der Waals surface area contributed by atoms with Crippen molar-refractivity contribution >= 4 is 35.1 Å². The number of benzene rings is 2. The molecule has 144 valence electrons. The maximum Gasteiger partial charge on any atom is 0.336 e. The number of rotatable bonds is 5. The van der Waals surface area contributed by atoms with Gasteiger partial charge in [0, 0.05) is 6.08 Å². The maximum atomic E-state index is 12.0. The molecule has 1 atom stereocenters. The fourth-order valence-corrected chi connectivity index (χ4v) is 3.52. The molecule has 2 aromatic carbocycles. The minimum Gasteiger partial charge on any atom is -0.453 e. The minimum absolute atomic E-state index is 0.127. The van der Waals surface area contributed by atoms with Crippen LogP contribution in [-0.2, 0) is 9.53 Å². The van der Waals surface area contributed by atoms with Crippen molar-refractivity contribution < 1.29 is 14.3 Å². The molecule has 0 radical (unpaired) electrons. The van der Waals surface area contributed by atoms with Crippen LogP contribution in [0.25, 0.3) is 11.8 Å². The molecule has 0 amide bonds. The second-order valence-electron chi connectivity index (χ2n) is 6.25. The van der Waals surface area contributed by atoms with Gasteiger partial charge in [-0.3, -0.25) is 0 Å². The Kier molecular flexibility index (Phi) is 5.54. The predicted octanol–water partition coefficient (Wildman–Crippen LogP) is 4.79. The first-order chi connectivity index (χ1) is 14.2. The van der Waals surface area contributed by atoms with Crippen LogP contribution in [0.2, 0.25) is 0 Å². The third-order valence-corrected chi connectivity index (χ3v) is 5.09. The normalized spacial score (nSPS) is 16.1. The number of carbonyl (C=O) groups excluding carboxylic acids is 1. The third-order valence-electron chi connectivity index (χ3n) is 4.20. The van der Waals surface area contributed by atoms with Crippen LogP contribution in [0.3, 0.4) is 0 Å². The lowest BCUT2D eigenvalue weighted by molar-refractivity contribution is -0.128. The van der Waals surface area contributed by atoms with Crippen LogP contribution in [0.1, 0.15) is 22.1 Å². The summed E-state index contributed by atoms with van der Waals surface area (Å²) in [7, 11) is 0. The number of nitrogens with two attached hydrogens (primary N) is 1. The Bertz CT molecular complexity index is 1070. The minimum atomic E-state index is -0.438. The van der Waals surface area contributed by atoms with Gasteiger partial charge in [-0.15, -0.1) is 11.3 Å². The lowest BCUT2D eigenvalue weighted by atomic mass is 10.1. The molecule has 0 bridgehead atoms. The standard InChI is InChI=1S/C23H18N2O3S/c24-23-25-19(21-7-4-14-29-21)15-20(28-23)17-9-11-18(12-10-17)27-22(26)13-8-16-5-2-1-3-6-16/h1-15,20H,(H2,24,25)/b13-8-. The largest absolute Gasteiger partial charge is 0.453 e. The number of hydrogen-bond acceptors (Lipinski definition) is 6. The van der Waals surface area contributed by atoms with Gasteiger partial charge in [-0.05, 0) is 46.9 Å². The first-order valence-electron chi connectivity index (χ1n) is 8.99. The van der Waals surface area contributed by atoms with Crippen LogP contribution in [0.4, 0.5) is 0 Å². The molecule has 3 aromatic rings. The van der Waals surface area contributed by atoms with Crippen molar-refractivity contribution in [2.45, 2.75) is 6.10 Å². The van der Waals surface area contributed by atoms with Gasteiger partial charge in [0.05, 0.1) is 10.6 Å². The quantitative estimate of drug-likeness (QED) is 0.378. The molecule has 0 fully saturated rings. The molecule has 5 nitrogen and oxygen atoms in total. The average Bonchev–Trinajstić information content (AvgIpc) is 3.28. The van der Waals surface area contributed by atoms with Gasteiger partial charge in [-0.25, -0.2) is 4.79 Å². The number of thiophene rings is 1. The molecule has 1 aliphatic heterocycles. The van der Waals surface area contributed by atoms with Crippen LogP contribution in [0.5, 0.6) is 5.75 Å². The van der Waals surface area contributed by atoms with E-state index in [1.807, 2.05) is 66.1 Å². The molecule has 0 saturated carbocycles. The van der Waals surface area contributed by atoms with Crippen LogP contribution in [0.15, 0.2) is 89.3 Å². The Morgan fingerprint density at radius 1 is 1.07 bits per heavy atom. The van der Waals surface area contributed by atoms with Gasteiger partial charge in [0.15, 0.2) is 0 Å². The topological polar surface area (TPSA) is 73.9 Å². The summed E-state index contributed by atoms with van der Waals surface area (Å²) in [4.78, 5) is 17.3. The smallest absolute Gasteiger partial charge is 0.336 e. The number of amidine groups is 1. The molecular weight excluding hydrogens is 384 g/mol. The Morgan fingerprint density at radius 3 is 2.59 bits per heavy atom. The van der Waals surface area contributed by atoms with E-state index in [4.69, 9.17) is 15.2 Å². The highest BCUT2D eigenvalue weighted by atomic mass is 32.1. The highest BCUT2D eigenvalue weighted by Gasteiger charge is 2.19. The molecule has 1 unspecified atom stereocenters. The number of hydrogen-bond donors (Lipinski definition) is 1. The van der Waals surface area contributed by atoms with Crippen molar-refractivity contribution in [3.05, 3.63) is 100 Å². The van der Waals surface area contributed by atoms with Gasteiger partial charge in [-0.1, -0.05) is 48.5 Å². The molecule has 2 N–H and O–H groups in total. The van der Waals surface area contributed by atoms with E-state index in [9.17, 15) is 4.79 Å². The van der Waals surface area contributed by atoms with E-state index in [0.29, 0.717) is 5.75 Å². The molecule has 1 aliphatic rings. The molecule has 29 heavy (non-hydrogen) atoms. The summed E-state index contributed by atoms with van der Waals surface area (Å²) in [6.07, 6.45) is 4.69. The number of carbonyl (C=O) groups is 1. The summed E-state index contributed by atoms with van der Waals surface area (Å²) in [5.41, 5.74) is 8.46. The Balaban J connectivity index is 1.43. The van der Waals surface area contributed by atoms with Crippen molar-refractivity contribution in [3.8, 4) is 5.75 Å². The Labute approximate surface area is 172 Å². The Morgan fingerprint density at radius 2 is 1.86 bits per heavy atom. The van der Waals surface area contributed by atoms with Gasteiger partial charge < -0.3 is 15.2 Å². The van der Waals surface area contributed by atoms with E-state index in [2.05, 4.69) is 4.99 Å². The van der Waals surface area contributed by atoms with Crippen molar-refractivity contribution in [2.75, 3.05) is 0 Å². The number of esters is 1. The molecular formula is C23H18N2O3S. The third kappa shape index (κ3) is 4.80. The van der Waals surface area contributed by atoms with E-state index < -0.39 is 5.97 Å². The Hall–Kier alpha value is -3.64. The van der Waals surface area contributed by atoms with Gasteiger partial charge in [0.25, 0.3) is 6.02 Å². The van der Waals surface area contributed by atoms with Gasteiger partial charge in [0.2, 0.25) is 0 Å². The van der Waals surface area contributed by atoms with Crippen molar-refractivity contribution in [1.82, 2.24) is 0 Å². The first-order valence-corrected chi connectivity index (χ1v) is 9.87. The second kappa shape index (κ2) is 8.58. The lowest BCUT2D eigenvalue weighted by Crippen LogP contribution is -2.22. The SMILES string of the molecule is NC1=NC(c2cccs2)=CC(c2ccc(OC(=O)/C=C\c3ccccc3)cc2)O1. The molecule has 4 rings (SSSR count). The average molecular weight is 402 g/mol. The van der Waals surface area contributed by atoms with Crippen LogP contribution < -0.4 is 10.5 Å². The van der Waals surface area contributed by atoms with E-state index in [1.165, 1.54) is 6.08 Å². The van der Waals surface area contributed by atoms with E-state index in [0.717, 1.165) is 21.7 Å². The van der Waals surface area contributed by atoms with Crippen LogP contribution in [0, 0.1) is 0 Å². The number of aliphatic imine (C=N–C) groups is 1. The highest BCUT2D eigenvalue weighted by Crippen LogP contribution is 2.31. The van der Waals surface area contributed by atoms with E-state index >= 15 is 0 Å². The molecule has 6 heteroatoms. The zero-order chi connectivity index (χ0) is 20.1. The second-order valence-corrected chi connectivity index (χ2v) is 7.20. The fraction of sp³-hybridized carbons (Fsp3) is 0.0435. The van der Waals surface area contributed by atoms with Crippen molar-refractivity contribution in [2.24, 2.45) is 10.7 Å². The summed E-state index contributed by atoms with van der Waals surface area (Å²) in [5, 5.41) is 1.99. The van der Waals surface area contributed by atoms with Gasteiger partial charge in [-0.2, -0.15) is 4.99 Å². The number of nitrogens with zero attached hydrogens (tertiary/aromatic N) is 1. The zero-order valence-corrected chi connectivity index (χ0v) is 16.2. The summed E-state index contributed by atoms with van der Waals surface area (Å²) in [5.74, 6) is 0.0168. The summed E-state index contributed by atoms with van der Waals surface area (Å²) in [6.45, 7) is 0. The molecule has 0 spiro atoms. The number of ether oxygens (including phenoxy) is 2. The maximum absolute atomic E-state index is 12.0. The lowest BCUT2D eigenvalue weighted by Gasteiger charge is -2.20. The van der Waals surface area contributed by atoms with Gasteiger partial charge >= 0.3 is 5.97 Å².